The smallest absolute Gasteiger partial charge is 0.101 e. The van der Waals surface area contributed by atoms with E-state index in [4.69, 9.17) is 0 Å². The van der Waals surface area contributed by atoms with Gasteiger partial charge in [0.25, 0.3) is 0 Å². The molecule has 1 atom stereocenters. The van der Waals surface area contributed by atoms with Crippen LogP contribution in [-0.4, -0.2) is 51.2 Å². The summed E-state index contributed by atoms with van der Waals surface area (Å²) in [6, 6.07) is 10.6. The molecule has 19 heavy (non-hydrogen) atoms. The van der Waals surface area contributed by atoms with Gasteiger partial charge in [0.2, 0.25) is 0 Å². The Balaban J connectivity index is 2.29. The first-order valence-electron chi connectivity index (χ1n) is 6.83. The number of nitrogens with zero attached hydrogens (tertiary/aromatic N) is 3. The van der Waals surface area contributed by atoms with E-state index in [0.29, 0.717) is 6.04 Å². The Bertz CT molecular complexity index is 450. The Morgan fingerprint density at radius 1 is 1.42 bits per heavy atom. The molecule has 0 spiro atoms. The van der Waals surface area contributed by atoms with Gasteiger partial charge in [-0.2, -0.15) is 5.26 Å². The molecule has 0 aliphatic carbocycles. The summed E-state index contributed by atoms with van der Waals surface area (Å²) in [5.74, 6) is 0. The van der Waals surface area contributed by atoms with E-state index < -0.39 is 0 Å². The van der Waals surface area contributed by atoms with E-state index in [2.05, 4.69) is 41.3 Å². The summed E-state index contributed by atoms with van der Waals surface area (Å²) >= 11 is 0. The number of benzene rings is 1. The Morgan fingerprint density at radius 3 is 2.95 bits per heavy atom. The van der Waals surface area contributed by atoms with E-state index in [1.165, 1.54) is 0 Å². The lowest BCUT2D eigenvalue weighted by Crippen LogP contribution is -2.46. The molecule has 0 amide bonds. The minimum absolute atomic E-state index is 0.409. The van der Waals surface area contributed by atoms with Crippen molar-refractivity contribution in [3.8, 4) is 6.07 Å². The van der Waals surface area contributed by atoms with Gasteiger partial charge in [-0.25, -0.2) is 0 Å². The molecular formula is C15H22N4. The van der Waals surface area contributed by atoms with Gasteiger partial charge < -0.3 is 15.1 Å². The van der Waals surface area contributed by atoms with Crippen molar-refractivity contribution >= 4 is 5.69 Å². The molecular weight excluding hydrogens is 236 g/mol. The highest BCUT2D eigenvalue weighted by Gasteiger charge is 2.23. The predicted molar refractivity (Wildman–Crippen MR) is 78.3 cm³/mol. The first-order chi connectivity index (χ1) is 9.22. The maximum absolute atomic E-state index is 9.28. The molecule has 1 aromatic carbocycles. The minimum Gasteiger partial charge on any atom is -0.365 e. The van der Waals surface area contributed by atoms with Crippen molar-refractivity contribution in [2.24, 2.45) is 0 Å². The van der Waals surface area contributed by atoms with Crippen LogP contribution in [0.2, 0.25) is 0 Å². The summed E-state index contributed by atoms with van der Waals surface area (Å²) in [6.45, 7) is 4.02. The van der Waals surface area contributed by atoms with Gasteiger partial charge in [0.05, 0.1) is 17.3 Å². The second-order valence-corrected chi connectivity index (χ2v) is 5.30. The summed E-state index contributed by atoms with van der Waals surface area (Å²) < 4.78 is 0. The molecule has 1 N–H and O–H groups in total. The highest BCUT2D eigenvalue weighted by atomic mass is 15.2. The lowest BCUT2D eigenvalue weighted by atomic mass is 10.1. The molecule has 1 fully saturated rings. The van der Waals surface area contributed by atoms with Crippen LogP contribution < -0.4 is 10.2 Å². The SMILES string of the molecule is CN(C)CC1CNCCCN1c1ccccc1C#N. The standard InChI is InChI=1S/C15H22N4/c1-18(2)12-14-11-17-8-5-9-19(14)15-7-4-3-6-13(15)10-16/h3-4,6-7,14,17H,5,8-9,11-12H2,1-2H3. The van der Waals surface area contributed by atoms with Crippen molar-refractivity contribution in [3.63, 3.8) is 0 Å². The van der Waals surface area contributed by atoms with Gasteiger partial charge in [-0.3, -0.25) is 0 Å². The lowest BCUT2D eigenvalue weighted by molar-refractivity contribution is 0.361. The summed E-state index contributed by atoms with van der Waals surface area (Å²) in [4.78, 5) is 4.60. The third-order valence-electron chi connectivity index (χ3n) is 3.48. The van der Waals surface area contributed by atoms with E-state index in [9.17, 15) is 5.26 Å². The molecule has 4 nitrogen and oxygen atoms in total. The fourth-order valence-corrected chi connectivity index (χ4v) is 2.66. The highest BCUT2D eigenvalue weighted by molar-refractivity contribution is 5.60. The average molecular weight is 258 g/mol. The first-order valence-corrected chi connectivity index (χ1v) is 6.83. The number of nitriles is 1. The van der Waals surface area contributed by atoms with Crippen LogP contribution in [0.5, 0.6) is 0 Å². The van der Waals surface area contributed by atoms with Crippen molar-refractivity contribution in [2.75, 3.05) is 45.2 Å². The number of nitrogens with one attached hydrogen (secondary N) is 1. The van der Waals surface area contributed by atoms with Crippen LogP contribution in [-0.2, 0) is 0 Å². The van der Waals surface area contributed by atoms with E-state index in [-0.39, 0.29) is 0 Å². The number of hydrogen-bond acceptors (Lipinski definition) is 4. The fourth-order valence-electron chi connectivity index (χ4n) is 2.66. The zero-order valence-electron chi connectivity index (χ0n) is 11.8. The highest BCUT2D eigenvalue weighted by Crippen LogP contribution is 2.23. The summed E-state index contributed by atoms with van der Waals surface area (Å²) in [5.41, 5.74) is 1.84. The van der Waals surface area contributed by atoms with E-state index in [0.717, 1.165) is 43.9 Å². The molecule has 1 unspecified atom stereocenters. The molecule has 102 valence electrons. The maximum atomic E-state index is 9.28. The third kappa shape index (κ3) is 3.46. The van der Waals surface area contributed by atoms with Gasteiger partial charge in [0.15, 0.2) is 0 Å². The van der Waals surface area contributed by atoms with Crippen LogP contribution in [0.3, 0.4) is 0 Å². The molecule has 0 aromatic heterocycles. The Kier molecular flexibility index (Phi) is 4.78. The molecule has 0 bridgehead atoms. The number of para-hydroxylation sites is 1. The molecule has 1 heterocycles. The quantitative estimate of drug-likeness (QED) is 0.887. The summed E-state index contributed by atoms with van der Waals surface area (Å²) in [6.07, 6.45) is 1.11. The van der Waals surface area contributed by atoms with Gasteiger partial charge in [-0.1, -0.05) is 12.1 Å². The molecule has 4 heteroatoms. The number of rotatable bonds is 3. The zero-order chi connectivity index (χ0) is 13.7. The van der Waals surface area contributed by atoms with E-state index in [1.807, 2.05) is 18.2 Å². The topological polar surface area (TPSA) is 42.3 Å². The van der Waals surface area contributed by atoms with Crippen molar-refractivity contribution in [1.82, 2.24) is 10.2 Å². The number of anilines is 1. The van der Waals surface area contributed by atoms with Crippen LogP contribution in [0.25, 0.3) is 0 Å². The monoisotopic (exact) mass is 258 g/mol. The molecule has 0 saturated carbocycles. The van der Waals surface area contributed by atoms with Crippen LogP contribution in [0, 0.1) is 11.3 Å². The lowest BCUT2D eigenvalue weighted by Gasteiger charge is -2.34. The Hall–Kier alpha value is -1.57. The largest absolute Gasteiger partial charge is 0.365 e. The van der Waals surface area contributed by atoms with Crippen LogP contribution in [0.4, 0.5) is 5.69 Å². The van der Waals surface area contributed by atoms with Crippen molar-refractivity contribution in [2.45, 2.75) is 12.5 Å². The van der Waals surface area contributed by atoms with E-state index >= 15 is 0 Å². The first kappa shape index (κ1) is 13.9. The third-order valence-corrected chi connectivity index (χ3v) is 3.48. The summed E-state index contributed by atoms with van der Waals surface area (Å²) in [7, 11) is 4.19. The molecule has 1 aromatic rings. The van der Waals surface area contributed by atoms with Crippen LogP contribution in [0.1, 0.15) is 12.0 Å². The van der Waals surface area contributed by atoms with Gasteiger partial charge in [0, 0.05) is 19.6 Å². The minimum atomic E-state index is 0.409. The fraction of sp³-hybridized carbons (Fsp3) is 0.533. The summed E-state index contributed by atoms with van der Waals surface area (Å²) in [5, 5.41) is 12.8. The van der Waals surface area contributed by atoms with Crippen molar-refractivity contribution in [3.05, 3.63) is 29.8 Å². The zero-order valence-corrected chi connectivity index (χ0v) is 11.8. The second kappa shape index (κ2) is 6.55. The second-order valence-electron chi connectivity index (χ2n) is 5.30. The van der Waals surface area contributed by atoms with Gasteiger partial charge in [-0.05, 0) is 39.2 Å². The van der Waals surface area contributed by atoms with Crippen LogP contribution in [0.15, 0.2) is 24.3 Å². The molecule has 1 aliphatic rings. The van der Waals surface area contributed by atoms with Gasteiger partial charge >= 0.3 is 0 Å². The molecule has 2 rings (SSSR count). The number of likely N-dealkylation sites (N-methyl/N-ethyl adjacent to an activating group) is 1. The molecule has 1 aliphatic heterocycles. The molecule has 1 saturated heterocycles. The van der Waals surface area contributed by atoms with Gasteiger partial charge in [-0.15, -0.1) is 0 Å². The van der Waals surface area contributed by atoms with Crippen molar-refractivity contribution < 1.29 is 0 Å². The predicted octanol–water partition coefficient (Wildman–Crippen LogP) is 1.29. The Morgan fingerprint density at radius 2 is 2.21 bits per heavy atom. The molecule has 0 radical (unpaired) electrons. The Labute approximate surface area is 115 Å². The van der Waals surface area contributed by atoms with Crippen LogP contribution >= 0.6 is 0 Å². The van der Waals surface area contributed by atoms with Crippen molar-refractivity contribution in [1.29, 1.82) is 5.26 Å². The van der Waals surface area contributed by atoms with E-state index in [1.54, 1.807) is 0 Å². The number of hydrogen-bond donors (Lipinski definition) is 1. The van der Waals surface area contributed by atoms with Gasteiger partial charge in [0.1, 0.15) is 6.07 Å². The normalized spacial score (nSPS) is 20.1. The average Bonchev–Trinajstić information content (AvgIpc) is 2.63. The maximum Gasteiger partial charge on any atom is 0.101 e.